The van der Waals surface area contributed by atoms with Gasteiger partial charge in [0.15, 0.2) is 0 Å². The van der Waals surface area contributed by atoms with Crippen LogP contribution in [0.3, 0.4) is 0 Å². The molecule has 6 nitrogen and oxygen atoms in total. The van der Waals surface area contributed by atoms with Crippen LogP contribution in [-0.2, 0) is 21.4 Å². The number of carbonyl (C=O) groups excluding carboxylic acids is 1. The lowest BCUT2D eigenvalue weighted by Gasteiger charge is -2.33. The van der Waals surface area contributed by atoms with Crippen LogP contribution in [0.4, 0.5) is 5.69 Å². The number of hydrogen-bond donors (Lipinski definition) is 0. The Balaban J connectivity index is 2.05. The molecule has 2 rings (SSSR count). The van der Waals surface area contributed by atoms with Gasteiger partial charge in [-0.05, 0) is 24.1 Å². The van der Waals surface area contributed by atoms with Crippen molar-refractivity contribution < 1.29 is 13.2 Å². The number of isocyanates is 1. The zero-order valence-corrected chi connectivity index (χ0v) is 14.1. The smallest absolute Gasteiger partial charge is 0.240 e. The summed E-state index contributed by atoms with van der Waals surface area (Å²) in [5.41, 5.74) is 2.28. The maximum Gasteiger partial charge on any atom is 0.240 e. The van der Waals surface area contributed by atoms with Crippen LogP contribution >= 0.6 is 11.6 Å². The Morgan fingerprint density at radius 3 is 2.41 bits per heavy atom. The Morgan fingerprint density at radius 2 is 1.91 bits per heavy atom. The van der Waals surface area contributed by atoms with Gasteiger partial charge in [0.25, 0.3) is 0 Å². The SMILES string of the molecule is Cc1cc(CN2CCN(S(C)(=O)=O)CC2)cc(Cl)c1N=C=O. The second kappa shape index (κ2) is 6.89. The number of aryl methyl sites for hydroxylation is 1. The van der Waals surface area contributed by atoms with Gasteiger partial charge in [-0.15, -0.1) is 0 Å². The minimum absolute atomic E-state index is 0.424. The molecule has 0 spiro atoms. The van der Waals surface area contributed by atoms with E-state index in [2.05, 4.69) is 9.89 Å². The molecule has 1 aliphatic rings. The van der Waals surface area contributed by atoms with Crippen LogP contribution in [0.5, 0.6) is 0 Å². The number of piperazine rings is 1. The predicted molar refractivity (Wildman–Crippen MR) is 85.7 cm³/mol. The first-order valence-electron chi connectivity index (χ1n) is 6.85. The third-order valence-corrected chi connectivity index (χ3v) is 5.27. The molecular weight excluding hydrogens is 326 g/mol. The Morgan fingerprint density at radius 1 is 1.27 bits per heavy atom. The van der Waals surface area contributed by atoms with Gasteiger partial charge in [-0.3, -0.25) is 4.90 Å². The van der Waals surface area contributed by atoms with E-state index in [0.717, 1.165) is 11.1 Å². The molecular formula is C14H18ClN3O3S. The number of nitrogens with zero attached hydrogens (tertiary/aromatic N) is 3. The van der Waals surface area contributed by atoms with Crippen molar-refractivity contribution in [3.8, 4) is 0 Å². The molecule has 0 unspecified atom stereocenters. The Bertz CT molecular complexity index is 683. The van der Waals surface area contributed by atoms with E-state index in [1.165, 1.54) is 16.6 Å². The molecule has 120 valence electrons. The number of sulfonamides is 1. The van der Waals surface area contributed by atoms with E-state index >= 15 is 0 Å². The summed E-state index contributed by atoms with van der Waals surface area (Å²) in [6, 6.07) is 3.72. The van der Waals surface area contributed by atoms with E-state index in [9.17, 15) is 13.2 Å². The van der Waals surface area contributed by atoms with Crippen molar-refractivity contribution >= 4 is 33.4 Å². The van der Waals surface area contributed by atoms with Crippen LogP contribution in [0.1, 0.15) is 11.1 Å². The van der Waals surface area contributed by atoms with E-state index in [-0.39, 0.29) is 0 Å². The second-order valence-corrected chi connectivity index (χ2v) is 7.77. The van der Waals surface area contributed by atoms with Gasteiger partial charge in [-0.1, -0.05) is 17.7 Å². The predicted octanol–water partition coefficient (Wildman–Crippen LogP) is 1.69. The molecule has 0 aromatic heterocycles. The monoisotopic (exact) mass is 343 g/mol. The van der Waals surface area contributed by atoms with Crippen molar-refractivity contribution in [2.45, 2.75) is 13.5 Å². The first kappa shape index (κ1) is 17.1. The average molecular weight is 344 g/mol. The molecule has 8 heteroatoms. The lowest BCUT2D eigenvalue weighted by molar-refractivity contribution is 0.182. The van der Waals surface area contributed by atoms with Crippen molar-refractivity contribution in [2.75, 3.05) is 32.4 Å². The fraction of sp³-hybridized carbons (Fsp3) is 0.500. The van der Waals surface area contributed by atoms with E-state index in [1.54, 1.807) is 6.07 Å². The minimum atomic E-state index is -3.11. The molecule has 0 saturated carbocycles. The van der Waals surface area contributed by atoms with Crippen LogP contribution in [0.2, 0.25) is 5.02 Å². The molecule has 1 aliphatic heterocycles. The molecule has 0 amide bonds. The highest BCUT2D eigenvalue weighted by molar-refractivity contribution is 7.88. The van der Waals surface area contributed by atoms with E-state index < -0.39 is 10.0 Å². The number of aliphatic imine (C=N–C) groups is 1. The second-order valence-electron chi connectivity index (χ2n) is 5.38. The lowest BCUT2D eigenvalue weighted by atomic mass is 10.1. The minimum Gasteiger partial charge on any atom is -0.296 e. The van der Waals surface area contributed by atoms with Gasteiger partial charge in [0.1, 0.15) is 0 Å². The summed E-state index contributed by atoms with van der Waals surface area (Å²) in [6.07, 6.45) is 2.74. The van der Waals surface area contributed by atoms with Crippen LogP contribution < -0.4 is 0 Å². The maximum absolute atomic E-state index is 11.5. The van der Waals surface area contributed by atoms with Gasteiger partial charge < -0.3 is 0 Å². The van der Waals surface area contributed by atoms with Crippen molar-refractivity contribution in [1.29, 1.82) is 0 Å². The van der Waals surface area contributed by atoms with Gasteiger partial charge in [0.2, 0.25) is 16.1 Å². The highest BCUT2D eigenvalue weighted by atomic mass is 35.5. The molecule has 0 atom stereocenters. The van der Waals surface area contributed by atoms with E-state index in [1.807, 2.05) is 13.0 Å². The lowest BCUT2D eigenvalue weighted by Crippen LogP contribution is -2.47. The maximum atomic E-state index is 11.5. The topological polar surface area (TPSA) is 70.1 Å². The number of halogens is 1. The van der Waals surface area contributed by atoms with Gasteiger partial charge in [-0.25, -0.2) is 13.2 Å². The first-order valence-corrected chi connectivity index (χ1v) is 9.08. The summed E-state index contributed by atoms with van der Waals surface area (Å²) < 4.78 is 24.5. The van der Waals surface area contributed by atoms with Crippen LogP contribution in [0, 0.1) is 6.92 Å². The molecule has 0 aliphatic carbocycles. The zero-order valence-electron chi connectivity index (χ0n) is 12.5. The highest BCUT2D eigenvalue weighted by Crippen LogP contribution is 2.30. The quantitative estimate of drug-likeness (QED) is 0.616. The first-order chi connectivity index (χ1) is 10.3. The molecule has 0 bridgehead atoms. The van der Waals surface area contributed by atoms with Crippen molar-refractivity contribution in [2.24, 2.45) is 4.99 Å². The summed E-state index contributed by atoms with van der Waals surface area (Å²) in [5, 5.41) is 0.424. The van der Waals surface area contributed by atoms with Gasteiger partial charge >= 0.3 is 0 Å². The zero-order chi connectivity index (χ0) is 16.3. The van der Waals surface area contributed by atoms with Crippen molar-refractivity contribution in [3.63, 3.8) is 0 Å². The molecule has 1 aromatic rings. The number of rotatable bonds is 4. The van der Waals surface area contributed by atoms with E-state index in [0.29, 0.717) is 43.4 Å². The standard InChI is InChI=1S/C14H18ClN3O3S/c1-11-7-12(8-13(15)14(11)16-10-19)9-17-3-5-18(6-4-17)22(2,20)21/h7-8H,3-6,9H2,1-2H3. The van der Waals surface area contributed by atoms with Gasteiger partial charge in [0.05, 0.1) is 17.0 Å². The Kier molecular flexibility index (Phi) is 5.36. The highest BCUT2D eigenvalue weighted by Gasteiger charge is 2.23. The van der Waals surface area contributed by atoms with Gasteiger partial charge in [0, 0.05) is 32.7 Å². The largest absolute Gasteiger partial charge is 0.296 e. The third-order valence-electron chi connectivity index (χ3n) is 3.68. The van der Waals surface area contributed by atoms with Crippen molar-refractivity contribution in [1.82, 2.24) is 9.21 Å². The normalized spacial score (nSPS) is 17.2. The van der Waals surface area contributed by atoms with Gasteiger partial charge in [-0.2, -0.15) is 9.30 Å². The fourth-order valence-corrected chi connectivity index (χ4v) is 3.72. The number of benzene rings is 1. The Hall–Kier alpha value is -1.24. The average Bonchev–Trinajstić information content (AvgIpc) is 2.42. The summed E-state index contributed by atoms with van der Waals surface area (Å²) in [6.45, 7) is 4.88. The summed E-state index contributed by atoms with van der Waals surface area (Å²) in [4.78, 5) is 16.2. The molecule has 0 N–H and O–H groups in total. The summed E-state index contributed by atoms with van der Waals surface area (Å²) >= 11 is 6.14. The van der Waals surface area contributed by atoms with Crippen LogP contribution in [-0.4, -0.2) is 56.1 Å². The van der Waals surface area contributed by atoms with Crippen molar-refractivity contribution in [3.05, 3.63) is 28.3 Å². The Labute approximate surface area is 135 Å². The summed E-state index contributed by atoms with van der Waals surface area (Å²) in [7, 11) is -3.11. The fourth-order valence-electron chi connectivity index (χ4n) is 2.56. The van der Waals surface area contributed by atoms with Crippen LogP contribution in [0.15, 0.2) is 17.1 Å². The van der Waals surface area contributed by atoms with E-state index in [4.69, 9.17) is 11.6 Å². The molecule has 1 aromatic carbocycles. The third kappa shape index (κ3) is 4.15. The van der Waals surface area contributed by atoms with Crippen LogP contribution in [0.25, 0.3) is 0 Å². The molecule has 1 fully saturated rings. The summed E-state index contributed by atoms with van der Waals surface area (Å²) in [5.74, 6) is 0. The molecule has 0 radical (unpaired) electrons. The number of hydrogen-bond acceptors (Lipinski definition) is 5. The molecule has 22 heavy (non-hydrogen) atoms. The molecule has 1 saturated heterocycles. The molecule has 1 heterocycles.